The maximum Gasteiger partial charge on any atom is 0.274 e. The molecule has 0 saturated heterocycles. The minimum Gasteiger partial charge on any atom is -0.394 e. The third-order valence-electron chi connectivity index (χ3n) is 7.91. The predicted molar refractivity (Wildman–Crippen MR) is 151 cm³/mol. The van der Waals surface area contributed by atoms with Gasteiger partial charge in [0.25, 0.3) is 5.91 Å². The van der Waals surface area contributed by atoms with Gasteiger partial charge < -0.3 is 10.0 Å². The van der Waals surface area contributed by atoms with E-state index in [1.807, 2.05) is 12.1 Å². The number of nitrogens with one attached hydrogen (secondary N) is 1. The largest absolute Gasteiger partial charge is 0.394 e. The first-order valence-electron chi connectivity index (χ1n) is 13.9. The zero-order valence-electron chi connectivity index (χ0n) is 23.9. The summed E-state index contributed by atoms with van der Waals surface area (Å²) in [5.74, 6) is -14.4. The standard InChI is InChI=1S/C30H30F5N3O6S/c1-37(45(43,44)28-26(34)24(32)23(31)25(33)27(28)35)22(16-39)30(41)38(21-13-11-20(12-14-21)29(40)36-42)15-17-7-9-19(10-8-17)18-5-3-2-4-6-18/h7-14,18,22,39,42H,2-6,15-16H2,1H3,(H,36,40)/t22-/m1/s1. The molecule has 9 nitrogen and oxygen atoms in total. The van der Waals surface area contributed by atoms with E-state index in [0.29, 0.717) is 18.5 Å². The SMILES string of the molecule is CN([C@H](CO)C(=O)N(Cc1ccc(C2CCCCC2)cc1)c1ccc(C(=O)NO)cc1)S(=O)(=O)c1c(F)c(F)c(F)c(F)c1F. The van der Waals surface area contributed by atoms with Crippen LogP contribution >= 0.6 is 0 Å². The van der Waals surface area contributed by atoms with Crippen LogP contribution in [0.2, 0.25) is 0 Å². The quantitative estimate of drug-likeness (QED) is 0.0951. The number of benzene rings is 3. The number of carbonyl (C=O) groups excluding carboxylic acids is 2. The fourth-order valence-electron chi connectivity index (χ4n) is 5.32. The highest BCUT2D eigenvalue weighted by Gasteiger charge is 2.41. The Labute approximate surface area is 255 Å². The Morgan fingerprint density at radius 3 is 1.91 bits per heavy atom. The molecule has 2 amide bonds. The molecule has 0 heterocycles. The second kappa shape index (κ2) is 14.0. The molecule has 1 aliphatic rings. The second-order valence-corrected chi connectivity index (χ2v) is 12.5. The van der Waals surface area contributed by atoms with Crippen molar-refractivity contribution in [3.05, 3.63) is 94.3 Å². The van der Waals surface area contributed by atoms with E-state index in [0.717, 1.165) is 36.1 Å². The molecular weight excluding hydrogens is 625 g/mol. The molecule has 1 atom stereocenters. The zero-order chi connectivity index (χ0) is 33.1. The summed E-state index contributed by atoms with van der Waals surface area (Å²) < 4.78 is 96.8. The first-order chi connectivity index (χ1) is 21.3. The molecule has 45 heavy (non-hydrogen) atoms. The molecule has 0 radical (unpaired) electrons. The molecule has 0 bridgehead atoms. The van der Waals surface area contributed by atoms with Gasteiger partial charge in [0.05, 0.1) is 13.2 Å². The molecule has 3 aromatic carbocycles. The Balaban J connectivity index is 1.72. The van der Waals surface area contributed by atoms with Crippen molar-refractivity contribution in [3.8, 4) is 0 Å². The van der Waals surface area contributed by atoms with Gasteiger partial charge in [-0.05, 0) is 54.2 Å². The number of hydrogen-bond donors (Lipinski definition) is 3. The van der Waals surface area contributed by atoms with E-state index in [9.17, 15) is 45.1 Å². The second-order valence-electron chi connectivity index (χ2n) is 10.6. The highest BCUT2D eigenvalue weighted by Crippen LogP contribution is 2.33. The van der Waals surface area contributed by atoms with Crippen LogP contribution in [0.1, 0.15) is 59.5 Å². The number of aliphatic hydroxyl groups excluding tert-OH is 1. The van der Waals surface area contributed by atoms with Gasteiger partial charge in [-0.25, -0.2) is 35.8 Å². The smallest absolute Gasteiger partial charge is 0.274 e. The van der Waals surface area contributed by atoms with Crippen molar-refractivity contribution < 1.29 is 50.3 Å². The normalized spacial score (nSPS) is 14.8. The Morgan fingerprint density at radius 2 is 1.40 bits per heavy atom. The minimum absolute atomic E-state index is 0.00444. The lowest BCUT2D eigenvalue weighted by atomic mass is 9.84. The maximum absolute atomic E-state index is 14.5. The molecule has 1 saturated carbocycles. The predicted octanol–water partition coefficient (Wildman–Crippen LogP) is 4.76. The average Bonchev–Trinajstić information content (AvgIpc) is 3.06. The average molecular weight is 656 g/mol. The highest BCUT2D eigenvalue weighted by molar-refractivity contribution is 7.89. The minimum atomic E-state index is -5.60. The third-order valence-corrected chi connectivity index (χ3v) is 9.80. The van der Waals surface area contributed by atoms with Crippen molar-refractivity contribution >= 4 is 27.5 Å². The Bertz CT molecular complexity index is 1640. The highest BCUT2D eigenvalue weighted by atomic mass is 32.2. The third kappa shape index (κ3) is 6.85. The van der Waals surface area contributed by atoms with Gasteiger partial charge >= 0.3 is 0 Å². The molecule has 3 N–H and O–H groups in total. The summed E-state index contributed by atoms with van der Waals surface area (Å²) in [5, 5.41) is 19.0. The number of rotatable bonds is 10. The van der Waals surface area contributed by atoms with Crippen molar-refractivity contribution in [3.63, 3.8) is 0 Å². The van der Waals surface area contributed by atoms with Crippen LogP contribution in [-0.4, -0.2) is 54.5 Å². The summed E-state index contributed by atoms with van der Waals surface area (Å²) in [6.45, 7) is -1.45. The number of halogens is 5. The maximum atomic E-state index is 14.5. The molecule has 1 fully saturated rings. The van der Waals surface area contributed by atoms with E-state index >= 15 is 0 Å². The fourth-order valence-corrected chi connectivity index (χ4v) is 6.73. The number of hydrogen-bond acceptors (Lipinski definition) is 6. The summed E-state index contributed by atoms with van der Waals surface area (Å²) in [6, 6.07) is 10.3. The Hall–Kier alpha value is -3.92. The van der Waals surface area contributed by atoms with Crippen LogP contribution in [0.3, 0.4) is 0 Å². The van der Waals surface area contributed by atoms with Crippen LogP contribution < -0.4 is 10.4 Å². The number of amides is 2. The Morgan fingerprint density at radius 1 is 0.867 bits per heavy atom. The number of hydroxylamine groups is 1. The van der Waals surface area contributed by atoms with E-state index in [4.69, 9.17) is 5.21 Å². The topological polar surface area (TPSA) is 127 Å². The Kier molecular flexibility index (Phi) is 10.6. The number of aliphatic hydroxyl groups is 1. The summed E-state index contributed by atoms with van der Waals surface area (Å²) in [5.41, 5.74) is 3.22. The van der Waals surface area contributed by atoms with Gasteiger partial charge in [-0.1, -0.05) is 43.5 Å². The molecule has 0 aliphatic heterocycles. The molecule has 0 unspecified atom stereocenters. The molecular formula is C30H30F5N3O6S. The van der Waals surface area contributed by atoms with Gasteiger partial charge in [0, 0.05) is 18.3 Å². The van der Waals surface area contributed by atoms with Crippen LogP contribution in [0.15, 0.2) is 53.4 Å². The molecule has 3 aromatic rings. The summed E-state index contributed by atoms with van der Waals surface area (Å²) in [6.07, 6.45) is 5.48. The van der Waals surface area contributed by atoms with Crippen molar-refractivity contribution in [2.45, 2.75) is 55.5 Å². The summed E-state index contributed by atoms with van der Waals surface area (Å²) in [4.78, 5) is 24.5. The van der Waals surface area contributed by atoms with E-state index in [2.05, 4.69) is 0 Å². The number of likely N-dealkylation sites (N-methyl/N-ethyl adjacent to an activating group) is 1. The first-order valence-corrected chi connectivity index (χ1v) is 15.3. The number of anilines is 1. The molecule has 4 rings (SSSR count). The monoisotopic (exact) mass is 655 g/mol. The molecule has 15 heteroatoms. The van der Waals surface area contributed by atoms with Gasteiger partial charge in [-0.2, -0.15) is 4.31 Å². The first kappa shape index (κ1) is 34.0. The van der Waals surface area contributed by atoms with Crippen molar-refractivity contribution in [2.75, 3.05) is 18.6 Å². The van der Waals surface area contributed by atoms with Gasteiger partial charge in [-0.3, -0.25) is 14.8 Å². The lowest BCUT2D eigenvalue weighted by Crippen LogP contribution is -2.51. The lowest BCUT2D eigenvalue weighted by Gasteiger charge is -2.31. The van der Waals surface area contributed by atoms with E-state index in [1.54, 1.807) is 12.1 Å². The van der Waals surface area contributed by atoms with Gasteiger partial charge in [0.15, 0.2) is 28.2 Å². The van der Waals surface area contributed by atoms with Crippen LogP contribution in [0.25, 0.3) is 0 Å². The van der Waals surface area contributed by atoms with Crippen LogP contribution in [0.5, 0.6) is 0 Å². The van der Waals surface area contributed by atoms with Crippen molar-refractivity contribution in [1.82, 2.24) is 9.79 Å². The fraction of sp³-hybridized carbons (Fsp3) is 0.333. The lowest BCUT2D eigenvalue weighted by molar-refractivity contribution is -0.123. The van der Waals surface area contributed by atoms with Crippen molar-refractivity contribution in [2.24, 2.45) is 0 Å². The van der Waals surface area contributed by atoms with Gasteiger partial charge in [0.1, 0.15) is 6.04 Å². The molecule has 0 spiro atoms. The van der Waals surface area contributed by atoms with Crippen LogP contribution in [0.4, 0.5) is 27.6 Å². The summed E-state index contributed by atoms with van der Waals surface area (Å²) in [7, 11) is -4.95. The number of nitrogens with zero attached hydrogens (tertiary/aromatic N) is 2. The molecule has 242 valence electrons. The summed E-state index contributed by atoms with van der Waals surface area (Å²) >= 11 is 0. The van der Waals surface area contributed by atoms with Gasteiger partial charge in [-0.15, -0.1) is 0 Å². The zero-order valence-corrected chi connectivity index (χ0v) is 24.8. The van der Waals surface area contributed by atoms with Crippen molar-refractivity contribution in [1.29, 1.82) is 0 Å². The number of carbonyl (C=O) groups is 2. The van der Waals surface area contributed by atoms with E-state index in [-0.39, 0.29) is 22.1 Å². The number of sulfonamides is 1. The van der Waals surface area contributed by atoms with E-state index < -0.39 is 68.5 Å². The van der Waals surface area contributed by atoms with Crippen LogP contribution in [-0.2, 0) is 21.4 Å². The van der Waals surface area contributed by atoms with Gasteiger partial charge in [0.2, 0.25) is 21.7 Å². The van der Waals surface area contributed by atoms with E-state index in [1.165, 1.54) is 36.2 Å². The van der Waals surface area contributed by atoms with Crippen LogP contribution in [0, 0.1) is 29.1 Å². The molecule has 0 aromatic heterocycles. The molecule has 1 aliphatic carbocycles.